The topological polar surface area (TPSA) is 45.8 Å². The monoisotopic (exact) mass is 294 g/mol. The Morgan fingerprint density at radius 3 is 2.43 bits per heavy atom. The van der Waals surface area contributed by atoms with Crippen molar-refractivity contribution in [2.75, 3.05) is 0 Å². The van der Waals surface area contributed by atoms with Crippen molar-refractivity contribution in [3.05, 3.63) is 81.1 Å². The molecular formula is C17H11ClN2O. The first-order valence-electron chi connectivity index (χ1n) is 6.47. The summed E-state index contributed by atoms with van der Waals surface area (Å²) in [5, 5.41) is 10.1. The van der Waals surface area contributed by atoms with Gasteiger partial charge < -0.3 is 4.57 Å². The minimum atomic E-state index is -0.356. The number of pyridine rings is 1. The van der Waals surface area contributed by atoms with E-state index in [4.69, 9.17) is 11.6 Å². The quantitative estimate of drug-likeness (QED) is 0.725. The standard InChI is InChI=1S/C17H11ClN2O/c18-16-13-8-4-5-9-15(13)20(17(21)14(16)10-19)11-12-6-2-1-3-7-12/h1-9H,11H2. The summed E-state index contributed by atoms with van der Waals surface area (Å²) in [5.74, 6) is 0. The highest BCUT2D eigenvalue weighted by atomic mass is 35.5. The second kappa shape index (κ2) is 5.43. The summed E-state index contributed by atoms with van der Waals surface area (Å²) in [6.45, 7) is 0.409. The first-order chi connectivity index (χ1) is 10.2. The SMILES string of the molecule is N#Cc1c(Cl)c2ccccc2n(Cc2ccccc2)c1=O. The molecule has 0 saturated heterocycles. The molecular weight excluding hydrogens is 284 g/mol. The average molecular weight is 295 g/mol. The largest absolute Gasteiger partial charge is 0.303 e. The normalized spacial score (nSPS) is 10.5. The lowest BCUT2D eigenvalue weighted by Gasteiger charge is -2.12. The van der Waals surface area contributed by atoms with Crippen molar-refractivity contribution in [2.45, 2.75) is 6.54 Å². The third-order valence-electron chi connectivity index (χ3n) is 3.41. The van der Waals surface area contributed by atoms with E-state index in [1.807, 2.05) is 60.7 Å². The van der Waals surface area contributed by atoms with Gasteiger partial charge in [-0.3, -0.25) is 4.79 Å². The Balaban J connectivity index is 2.32. The van der Waals surface area contributed by atoms with E-state index in [0.717, 1.165) is 11.1 Å². The van der Waals surface area contributed by atoms with Crippen LogP contribution in [0.15, 0.2) is 59.4 Å². The fourth-order valence-electron chi connectivity index (χ4n) is 2.39. The molecule has 1 aromatic heterocycles. The maximum absolute atomic E-state index is 12.5. The zero-order valence-corrected chi connectivity index (χ0v) is 11.8. The van der Waals surface area contributed by atoms with Crippen LogP contribution < -0.4 is 5.56 Å². The number of hydrogen-bond acceptors (Lipinski definition) is 2. The van der Waals surface area contributed by atoms with E-state index < -0.39 is 0 Å². The molecule has 0 atom stereocenters. The van der Waals surface area contributed by atoms with Gasteiger partial charge in [-0.1, -0.05) is 60.1 Å². The van der Waals surface area contributed by atoms with Crippen molar-refractivity contribution in [2.24, 2.45) is 0 Å². The van der Waals surface area contributed by atoms with Crippen LogP contribution in [0.5, 0.6) is 0 Å². The third-order valence-corrected chi connectivity index (χ3v) is 3.80. The lowest BCUT2D eigenvalue weighted by atomic mass is 10.1. The van der Waals surface area contributed by atoms with Gasteiger partial charge in [0, 0.05) is 5.39 Å². The van der Waals surface area contributed by atoms with Crippen LogP contribution in [0.3, 0.4) is 0 Å². The van der Waals surface area contributed by atoms with Gasteiger partial charge >= 0.3 is 0 Å². The molecule has 102 valence electrons. The van der Waals surface area contributed by atoms with E-state index in [2.05, 4.69) is 0 Å². The van der Waals surface area contributed by atoms with Crippen molar-refractivity contribution < 1.29 is 0 Å². The summed E-state index contributed by atoms with van der Waals surface area (Å²) in [5.41, 5.74) is 1.36. The van der Waals surface area contributed by atoms with E-state index in [0.29, 0.717) is 11.9 Å². The van der Waals surface area contributed by atoms with Gasteiger partial charge in [0.25, 0.3) is 5.56 Å². The second-order valence-electron chi connectivity index (χ2n) is 4.69. The molecule has 2 aromatic carbocycles. The molecule has 3 aromatic rings. The average Bonchev–Trinajstić information content (AvgIpc) is 2.53. The number of nitriles is 1. The van der Waals surface area contributed by atoms with Crippen LogP contribution in [0.4, 0.5) is 0 Å². The van der Waals surface area contributed by atoms with E-state index >= 15 is 0 Å². The smallest absolute Gasteiger partial charge is 0.270 e. The van der Waals surface area contributed by atoms with E-state index in [9.17, 15) is 10.1 Å². The van der Waals surface area contributed by atoms with Gasteiger partial charge in [0.05, 0.1) is 17.1 Å². The number of para-hydroxylation sites is 1. The Kier molecular flexibility index (Phi) is 3.47. The summed E-state index contributed by atoms with van der Waals surface area (Å²) in [7, 11) is 0. The first-order valence-corrected chi connectivity index (χ1v) is 6.85. The van der Waals surface area contributed by atoms with Crippen molar-refractivity contribution in [3.8, 4) is 6.07 Å². The Labute approximate surface area is 126 Å². The Bertz CT molecular complexity index is 908. The molecule has 21 heavy (non-hydrogen) atoms. The van der Waals surface area contributed by atoms with Gasteiger partial charge in [-0.2, -0.15) is 5.26 Å². The Morgan fingerprint density at radius 2 is 1.71 bits per heavy atom. The number of rotatable bonds is 2. The number of nitrogens with zero attached hydrogens (tertiary/aromatic N) is 2. The predicted molar refractivity (Wildman–Crippen MR) is 83.5 cm³/mol. The molecule has 0 aliphatic rings. The lowest BCUT2D eigenvalue weighted by Crippen LogP contribution is -2.24. The highest BCUT2D eigenvalue weighted by Crippen LogP contribution is 2.24. The van der Waals surface area contributed by atoms with Gasteiger partial charge in [-0.25, -0.2) is 0 Å². The van der Waals surface area contributed by atoms with E-state index in [1.165, 1.54) is 0 Å². The third kappa shape index (κ3) is 2.31. The number of hydrogen-bond donors (Lipinski definition) is 0. The molecule has 0 radical (unpaired) electrons. The van der Waals surface area contributed by atoms with Gasteiger partial charge in [-0.15, -0.1) is 0 Å². The zero-order chi connectivity index (χ0) is 14.8. The van der Waals surface area contributed by atoms with Gasteiger partial charge in [0.15, 0.2) is 0 Å². The maximum atomic E-state index is 12.5. The summed E-state index contributed by atoms with van der Waals surface area (Å²) < 4.78 is 1.59. The van der Waals surface area contributed by atoms with Crippen LogP contribution in [0.25, 0.3) is 10.9 Å². The molecule has 0 aliphatic carbocycles. The van der Waals surface area contributed by atoms with Crippen molar-refractivity contribution in [1.82, 2.24) is 4.57 Å². The molecule has 0 saturated carbocycles. The van der Waals surface area contributed by atoms with Crippen LogP contribution in [0, 0.1) is 11.3 Å². The number of aromatic nitrogens is 1. The van der Waals surface area contributed by atoms with E-state index in [-0.39, 0.29) is 16.1 Å². The van der Waals surface area contributed by atoms with Crippen LogP contribution in [-0.2, 0) is 6.54 Å². The molecule has 1 heterocycles. The molecule has 0 fully saturated rings. The summed E-state index contributed by atoms with van der Waals surface area (Å²) in [4.78, 5) is 12.5. The van der Waals surface area contributed by atoms with Crippen LogP contribution in [0.1, 0.15) is 11.1 Å². The van der Waals surface area contributed by atoms with Gasteiger partial charge in [0.1, 0.15) is 11.6 Å². The minimum absolute atomic E-state index is 0.00806. The Hall–Kier alpha value is -2.57. The van der Waals surface area contributed by atoms with Crippen LogP contribution in [-0.4, -0.2) is 4.57 Å². The molecule has 0 amide bonds. The number of halogens is 1. The zero-order valence-electron chi connectivity index (χ0n) is 11.1. The first kappa shape index (κ1) is 13.4. The van der Waals surface area contributed by atoms with E-state index in [1.54, 1.807) is 4.57 Å². The molecule has 0 bridgehead atoms. The lowest BCUT2D eigenvalue weighted by molar-refractivity contribution is 0.792. The summed E-state index contributed by atoms with van der Waals surface area (Å²) in [6, 6.07) is 18.9. The van der Waals surface area contributed by atoms with Crippen LogP contribution in [0.2, 0.25) is 5.02 Å². The highest BCUT2D eigenvalue weighted by Gasteiger charge is 2.14. The van der Waals surface area contributed by atoms with Gasteiger partial charge in [-0.05, 0) is 11.6 Å². The molecule has 0 unspecified atom stereocenters. The molecule has 3 nitrogen and oxygen atoms in total. The summed E-state index contributed by atoms with van der Waals surface area (Å²) >= 11 is 6.19. The fourth-order valence-corrected chi connectivity index (χ4v) is 2.67. The van der Waals surface area contributed by atoms with Crippen LogP contribution >= 0.6 is 11.6 Å². The highest BCUT2D eigenvalue weighted by molar-refractivity contribution is 6.36. The minimum Gasteiger partial charge on any atom is -0.303 e. The van der Waals surface area contributed by atoms with Gasteiger partial charge in [0.2, 0.25) is 0 Å². The molecule has 3 rings (SSSR count). The predicted octanol–water partition coefficient (Wildman–Crippen LogP) is 3.57. The van der Waals surface area contributed by atoms with Crippen molar-refractivity contribution in [3.63, 3.8) is 0 Å². The molecule has 0 spiro atoms. The summed E-state index contributed by atoms with van der Waals surface area (Å²) in [6.07, 6.45) is 0. The molecule has 0 N–H and O–H groups in total. The number of fused-ring (bicyclic) bond motifs is 1. The van der Waals surface area contributed by atoms with Crippen molar-refractivity contribution >= 4 is 22.5 Å². The molecule has 4 heteroatoms. The molecule has 0 aliphatic heterocycles. The Morgan fingerprint density at radius 1 is 1.05 bits per heavy atom. The fraction of sp³-hybridized carbons (Fsp3) is 0.0588. The second-order valence-corrected chi connectivity index (χ2v) is 5.07. The maximum Gasteiger partial charge on any atom is 0.270 e. The number of benzene rings is 2. The van der Waals surface area contributed by atoms with Crippen molar-refractivity contribution in [1.29, 1.82) is 5.26 Å².